The molecule has 2 aliphatic heterocycles. The predicted molar refractivity (Wildman–Crippen MR) is 141 cm³/mol. The fourth-order valence-corrected chi connectivity index (χ4v) is 5.11. The second-order valence-electron chi connectivity index (χ2n) is 10.1. The molecule has 3 fully saturated rings. The molecule has 12 atom stereocenters. The monoisotopic (exact) mass is 591 g/mol. The molecule has 234 valence electrons. The third-order valence-electron chi connectivity index (χ3n) is 6.97. The summed E-state index contributed by atoms with van der Waals surface area (Å²) in [6.45, 7) is 4.47. The van der Waals surface area contributed by atoms with Gasteiger partial charge in [0.25, 0.3) is 0 Å². The summed E-state index contributed by atoms with van der Waals surface area (Å²) in [5.74, 6) is 0. The smallest absolute Gasteiger partial charge is 0.388 e. The standard InChI is InChI=1S/C21H43N5O7.CH4.H2O4S/c1-4-26-13-7-12(24)16(32-19-11(23)6-5-10(8-22)31-19)14(27)17(13)33-20-15(28)18(25-3)21(2,29)9-30-20;;1-5(2,3)4/h10-20,25-29H,4-9,22-24H2,1-3H3;1H4;(H2,1,2,3,4)/t10-,11+,12-,13+,14-,15+,16+,17-,18+,19+,20+,21-;;/m0../s1. The molecule has 0 amide bonds. The second kappa shape index (κ2) is 15.6. The van der Waals surface area contributed by atoms with Crippen LogP contribution in [0.2, 0.25) is 0 Å². The van der Waals surface area contributed by atoms with Crippen LogP contribution < -0.4 is 27.8 Å². The maximum Gasteiger partial charge on any atom is 0.394 e. The Hall–Kier alpha value is -0.610. The van der Waals surface area contributed by atoms with Crippen LogP contribution in [-0.4, -0.2) is 132 Å². The van der Waals surface area contributed by atoms with E-state index in [1.165, 1.54) is 0 Å². The highest BCUT2D eigenvalue weighted by molar-refractivity contribution is 7.79. The van der Waals surface area contributed by atoms with Gasteiger partial charge in [0.2, 0.25) is 0 Å². The average Bonchev–Trinajstić information content (AvgIpc) is 2.80. The van der Waals surface area contributed by atoms with Gasteiger partial charge in [-0.15, -0.1) is 0 Å². The van der Waals surface area contributed by atoms with E-state index in [1.807, 2.05) is 6.92 Å². The molecule has 0 spiro atoms. The molecular formula is C22H49N5O11S. The number of nitrogens with two attached hydrogens (primary N) is 3. The molecule has 0 aromatic rings. The van der Waals surface area contributed by atoms with Gasteiger partial charge in [-0.1, -0.05) is 14.4 Å². The Morgan fingerprint density at radius 1 is 1.05 bits per heavy atom. The Labute approximate surface area is 230 Å². The number of nitrogens with one attached hydrogen (secondary N) is 2. The maximum atomic E-state index is 11.3. The lowest BCUT2D eigenvalue weighted by Gasteiger charge is -2.49. The molecule has 1 saturated carbocycles. The normalized spacial score (nSPS) is 43.1. The van der Waals surface area contributed by atoms with Crippen LogP contribution in [0.25, 0.3) is 0 Å². The summed E-state index contributed by atoms with van der Waals surface area (Å²) in [5, 5.41) is 38.8. The first-order valence-corrected chi connectivity index (χ1v) is 14.0. The Bertz CT molecular complexity index is 818. The van der Waals surface area contributed by atoms with E-state index in [9.17, 15) is 15.3 Å². The van der Waals surface area contributed by atoms with Gasteiger partial charge in [0.15, 0.2) is 12.6 Å². The first-order chi connectivity index (χ1) is 17.6. The molecule has 2 heterocycles. The molecule has 3 rings (SSSR count). The zero-order chi connectivity index (χ0) is 28.8. The zero-order valence-corrected chi connectivity index (χ0v) is 22.7. The number of rotatable bonds is 8. The summed E-state index contributed by atoms with van der Waals surface area (Å²) in [7, 11) is -3.02. The quantitative estimate of drug-likeness (QED) is 0.123. The molecule has 0 unspecified atom stereocenters. The summed E-state index contributed by atoms with van der Waals surface area (Å²) in [4.78, 5) is 0. The highest BCUT2D eigenvalue weighted by Gasteiger charge is 2.51. The summed E-state index contributed by atoms with van der Waals surface area (Å²) in [6, 6.07) is -1.84. The van der Waals surface area contributed by atoms with Gasteiger partial charge in [0, 0.05) is 18.6 Å². The largest absolute Gasteiger partial charge is 0.394 e. The van der Waals surface area contributed by atoms with Crippen LogP contribution in [0.1, 0.15) is 40.5 Å². The van der Waals surface area contributed by atoms with Gasteiger partial charge in [-0.3, -0.25) is 9.11 Å². The van der Waals surface area contributed by atoms with Crippen molar-refractivity contribution in [3.8, 4) is 0 Å². The SMILES string of the molecule is C.CCN[C@@H]1C[C@H](N)[C@@H](O[C@H]2O[C@H](CN)CC[C@H]2N)[C@H](O)[C@H]1O[C@H]1OC[C@](C)(O)[C@H](NC)[C@H]1O.O=S(=O)(O)O. The lowest BCUT2D eigenvalue weighted by Crippen LogP contribution is -2.69. The van der Waals surface area contributed by atoms with Crippen LogP contribution in [-0.2, 0) is 29.3 Å². The van der Waals surface area contributed by atoms with Gasteiger partial charge in [-0.25, -0.2) is 0 Å². The number of hydrogen-bond acceptors (Lipinski definition) is 14. The topological polar surface area (TPSA) is 274 Å². The fourth-order valence-electron chi connectivity index (χ4n) is 5.11. The molecule has 0 aromatic heterocycles. The van der Waals surface area contributed by atoms with E-state index in [0.29, 0.717) is 25.9 Å². The van der Waals surface area contributed by atoms with E-state index in [0.717, 1.165) is 6.42 Å². The number of aliphatic hydroxyl groups is 3. The number of ether oxygens (including phenoxy) is 4. The third kappa shape index (κ3) is 10.3. The highest BCUT2D eigenvalue weighted by Crippen LogP contribution is 2.32. The van der Waals surface area contributed by atoms with Gasteiger partial charge >= 0.3 is 10.4 Å². The van der Waals surface area contributed by atoms with Crippen LogP contribution >= 0.6 is 0 Å². The first-order valence-electron chi connectivity index (χ1n) is 12.6. The van der Waals surface area contributed by atoms with Crippen molar-refractivity contribution in [1.82, 2.24) is 10.6 Å². The van der Waals surface area contributed by atoms with E-state index >= 15 is 0 Å². The van der Waals surface area contributed by atoms with E-state index in [-0.39, 0.29) is 32.2 Å². The van der Waals surface area contributed by atoms with E-state index < -0.39 is 65.1 Å². The van der Waals surface area contributed by atoms with Crippen molar-refractivity contribution < 1.29 is 51.8 Å². The Kier molecular flexibility index (Phi) is 14.5. The van der Waals surface area contributed by atoms with Crippen molar-refractivity contribution in [2.75, 3.05) is 26.7 Å². The zero-order valence-electron chi connectivity index (χ0n) is 21.9. The number of aliphatic hydroxyl groups excluding tert-OH is 2. The molecule has 0 radical (unpaired) electrons. The Morgan fingerprint density at radius 3 is 2.18 bits per heavy atom. The molecule has 13 N–H and O–H groups in total. The van der Waals surface area contributed by atoms with Crippen LogP contribution in [0.5, 0.6) is 0 Å². The van der Waals surface area contributed by atoms with Crippen LogP contribution in [0.15, 0.2) is 0 Å². The minimum Gasteiger partial charge on any atom is -0.388 e. The molecular weight excluding hydrogens is 542 g/mol. The van der Waals surface area contributed by atoms with Crippen molar-refractivity contribution in [1.29, 1.82) is 0 Å². The van der Waals surface area contributed by atoms with Gasteiger partial charge in [0.05, 0.1) is 24.8 Å². The third-order valence-corrected chi connectivity index (χ3v) is 6.97. The Morgan fingerprint density at radius 2 is 1.64 bits per heavy atom. The van der Waals surface area contributed by atoms with E-state index in [1.54, 1.807) is 14.0 Å². The van der Waals surface area contributed by atoms with Gasteiger partial charge in [-0.05, 0) is 39.8 Å². The molecule has 39 heavy (non-hydrogen) atoms. The second-order valence-corrected chi connectivity index (χ2v) is 11.0. The number of likely N-dealkylation sites (N-methyl/N-ethyl adjacent to an activating group) is 2. The summed E-state index contributed by atoms with van der Waals surface area (Å²) >= 11 is 0. The molecule has 3 aliphatic rings. The summed E-state index contributed by atoms with van der Waals surface area (Å²) < 4.78 is 55.3. The van der Waals surface area contributed by atoms with Crippen molar-refractivity contribution in [3.63, 3.8) is 0 Å². The predicted octanol–water partition coefficient (Wildman–Crippen LogP) is -3.34. The van der Waals surface area contributed by atoms with Crippen molar-refractivity contribution in [2.45, 2.75) is 113 Å². The van der Waals surface area contributed by atoms with E-state index in [4.69, 9.17) is 53.7 Å². The lowest BCUT2D eigenvalue weighted by atomic mass is 9.83. The van der Waals surface area contributed by atoms with Gasteiger partial charge in [-0.2, -0.15) is 8.42 Å². The summed E-state index contributed by atoms with van der Waals surface area (Å²) in [6.07, 6.45) is -3.97. The van der Waals surface area contributed by atoms with E-state index in [2.05, 4.69) is 10.6 Å². The molecule has 16 nitrogen and oxygen atoms in total. The first kappa shape index (κ1) is 36.4. The molecule has 0 aromatic carbocycles. The minimum absolute atomic E-state index is 0. The molecule has 0 bridgehead atoms. The number of hydrogen-bond donors (Lipinski definition) is 10. The lowest BCUT2D eigenvalue weighted by molar-refractivity contribution is -0.308. The van der Waals surface area contributed by atoms with Gasteiger partial charge < -0.3 is 62.1 Å². The molecule has 2 saturated heterocycles. The van der Waals surface area contributed by atoms with Crippen LogP contribution in [0.4, 0.5) is 0 Å². The molecule has 1 aliphatic carbocycles. The van der Waals surface area contributed by atoms with Crippen molar-refractivity contribution in [3.05, 3.63) is 0 Å². The van der Waals surface area contributed by atoms with Crippen LogP contribution in [0.3, 0.4) is 0 Å². The highest BCUT2D eigenvalue weighted by atomic mass is 32.3. The van der Waals surface area contributed by atoms with Crippen molar-refractivity contribution in [2.24, 2.45) is 17.2 Å². The molecule has 17 heteroatoms. The minimum atomic E-state index is -4.67. The van der Waals surface area contributed by atoms with Gasteiger partial charge in [0.1, 0.15) is 30.0 Å². The average molecular weight is 592 g/mol. The maximum absolute atomic E-state index is 11.3. The van der Waals surface area contributed by atoms with Crippen LogP contribution in [0, 0.1) is 0 Å². The van der Waals surface area contributed by atoms with Crippen molar-refractivity contribution >= 4 is 10.4 Å². The Balaban J connectivity index is 0.00000116. The fraction of sp³-hybridized carbons (Fsp3) is 1.00. The summed E-state index contributed by atoms with van der Waals surface area (Å²) in [5.41, 5.74) is 17.1.